The summed E-state index contributed by atoms with van der Waals surface area (Å²) in [5, 5.41) is 3.75. The maximum atomic E-state index is 14.3. The molecule has 0 amide bonds. The number of pyridine rings is 1. The number of rotatable bonds is 3. The molecule has 0 N–H and O–H groups in total. The first-order valence-corrected chi connectivity index (χ1v) is 11.1. The molecule has 0 spiro atoms. The van der Waals surface area contributed by atoms with Gasteiger partial charge in [0, 0.05) is 11.3 Å². The van der Waals surface area contributed by atoms with Gasteiger partial charge in [0.25, 0.3) is 5.56 Å². The highest BCUT2D eigenvalue weighted by molar-refractivity contribution is 6.14. The van der Waals surface area contributed by atoms with Gasteiger partial charge in [0.05, 0.1) is 11.1 Å². The van der Waals surface area contributed by atoms with Gasteiger partial charge in [-0.05, 0) is 39.4 Å². The molecule has 0 fully saturated rings. The van der Waals surface area contributed by atoms with Crippen LogP contribution in [-0.4, -0.2) is 4.57 Å². The summed E-state index contributed by atoms with van der Waals surface area (Å²) >= 11 is 0. The summed E-state index contributed by atoms with van der Waals surface area (Å²) in [7, 11) is 0. The fourth-order valence-corrected chi connectivity index (χ4v) is 4.75. The van der Waals surface area contributed by atoms with Gasteiger partial charge in [0.15, 0.2) is 0 Å². The lowest BCUT2D eigenvalue weighted by Gasteiger charge is -2.21. The minimum absolute atomic E-state index is 0.00784. The van der Waals surface area contributed by atoms with Crippen molar-refractivity contribution >= 4 is 21.5 Å². The van der Waals surface area contributed by atoms with E-state index in [9.17, 15) is 4.79 Å². The summed E-state index contributed by atoms with van der Waals surface area (Å²) in [4.78, 5) is 14.3. The third-order valence-corrected chi connectivity index (χ3v) is 6.20. The second-order valence-corrected chi connectivity index (χ2v) is 8.14. The lowest BCUT2D eigenvalue weighted by Crippen LogP contribution is -2.22. The Labute approximate surface area is 192 Å². The molecule has 6 aromatic rings. The monoisotopic (exact) mass is 423 g/mol. The van der Waals surface area contributed by atoms with Gasteiger partial charge >= 0.3 is 0 Å². The quantitative estimate of drug-likeness (QED) is 0.271. The summed E-state index contributed by atoms with van der Waals surface area (Å²) in [6.45, 7) is 0. The number of para-hydroxylation sites is 1. The predicted octanol–water partition coefficient (Wildman–Crippen LogP) is 7.48. The summed E-state index contributed by atoms with van der Waals surface area (Å²) in [5.41, 5.74) is 4.90. The van der Waals surface area contributed by atoms with Crippen molar-refractivity contribution in [3.8, 4) is 28.1 Å². The van der Waals surface area contributed by atoms with Crippen molar-refractivity contribution in [2.24, 2.45) is 0 Å². The van der Waals surface area contributed by atoms with Crippen LogP contribution in [0.25, 0.3) is 49.6 Å². The molecule has 0 aliphatic rings. The Bertz CT molecular complexity index is 1650. The molecule has 1 aromatic heterocycles. The van der Waals surface area contributed by atoms with Crippen LogP contribution in [0.3, 0.4) is 0 Å². The standard InChI is InChI=1S/C31H21NO/c33-31-29-26-19-11-10-12-22(26)20-21-27(29)28(23-13-4-1-5-14-23)30(24-15-6-2-7-16-24)32(31)25-17-8-3-9-18-25/h1-21H. The fourth-order valence-electron chi connectivity index (χ4n) is 4.75. The van der Waals surface area contributed by atoms with Crippen molar-refractivity contribution in [2.75, 3.05) is 0 Å². The molecule has 156 valence electrons. The predicted molar refractivity (Wildman–Crippen MR) is 138 cm³/mol. The number of hydrogen-bond acceptors (Lipinski definition) is 1. The van der Waals surface area contributed by atoms with Gasteiger partial charge in [-0.25, -0.2) is 0 Å². The first-order chi connectivity index (χ1) is 16.3. The molecule has 0 unspecified atom stereocenters. The molecule has 2 nitrogen and oxygen atoms in total. The molecule has 0 aliphatic carbocycles. The summed E-state index contributed by atoms with van der Waals surface area (Å²) in [6, 6.07) is 42.8. The Morgan fingerprint density at radius 1 is 0.485 bits per heavy atom. The molecule has 0 aliphatic heterocycles. The Morgan fingerprint density at radius 3 is 1.76 bits per heavy atom. The van der Waals surface area contributed by atoms with Crippen LogP contribution >= 0.6 is 0 Å². The van der Waals surface area contributed by atoms with E-state index in [2.05, 4.69) is 54.6 Å². The topological polar surface area (TPSA) is 22.0 Å². The molecule has 0 atom stereocenters. The Balaban J connectivity index is 1.92. The van der Waals surface area contributed by atoms with E-state index in [-0.39, 0.29) is 5.56 Å². The molecule has 33 heavy (non-hydrogen) atoms. The summed E-state index contributed by atoms with van der Waals surface area (Å²) < 4.78 is 1.88. The van der Waals surface area contributed by atoms with Crippen molar-refractivity contribution in [3.63, 3.8) is 0 Å². The molecule has 0 bridgehead atoms. The fraction of sp³-hybridized carbons (Fsp3) is 0. The molecule has 2 heteroatoms. The van der Waals surface area contributed by atoms with Gasteiger partial charge in [-0.15, -0.1) is 0 Å². The molecule has 0 saturated carbocycles. The third-order valence-electron chi connectivity index (χ3n) is 6.20. The van der Waals surface area contributed by atoms with E-state index in [4.69, 9.17) is 0 Å². The van der Waals surface area contributed by atoms with Crippen LogP contribution in [-0.2, 0) is 0 Å². The first-order valence-electron chi connectivity index (χ1n) is 11.1. The zero-order valence-corrected chi connectivity index (χ0v) is 18.0. The number of hydrogen-bond donors (Lipinski definition) is 0. The second-order valence-electron chi connectivity index (χ2n) is 8.14. The highest BCUT2D eigenvalue weighted by atomic mass is 16.1. The number of benzene rings is 5. The minimum atomic E-state index is -0.00784. The molecular weight excluding hydrogens is 402 g/mol. The normalized spacial score (nSPS) is 11.2. The lowest BCUT2D eigenvalue weighted by molar-refractivity contribution is 1.02. The average Bonchev–Trinajstić information content (AvgIpc) is 2.89. The average molecular weight is 424 g/mol. The number of fused-ring (bicyclic) bond motifs is 3. The van der Waals surface area contributed by atoms with Crippen LogP contribution in [0.2, 0.25) is 0 Å². The molecule has 1 heterocycles. The smallest absolute Gasteiger partial charge is 0.264 e. The highest BCUT2D eigenvalue weighted by Crippen LogP contribution is 2.39. The molecule has 6 rings (SSSR count). The summed E-state index contributed by atoms with van der Waals surface area (Å²) in [6.07, 6.45) is 0. The maximum absolute atomic E-state index is 14.3. The van der Waals surface area contributed by atoms with Gasteiger partial charge < -0.3 is 0 Å². The third kappa shape index (κ3) is 3.16. The minimum Gasteiger partial charge on any atom is -0.276 e. The van der Waals surface area contributed by atoms with Crippen molar-refractivity contribution in [2.45, 2.75) is 0 Å². The number of nitrogens with zero attached hydrogens (tertiary/aromatic N) is 1. The highest BCUT2D eigenvalue weighted by Gasteiger charge is 2.21. The maximum Gasteiger partial charge on any atom is 0.264 e. The summed E-state index contributed by atoms with van der Waals surface area (Å²) in [5.74, 6) is 0. The van der Waals surface area contributed by atoms with Gasteiger partial charge in [-0.2, -0.15) is 0 Å². The molecular formula is C31H21NO. The van der Waals surface area contributed by atoms with Crippen molar-refractivity contribution < 1.29 is 0 Å². The van der Waals surface area contributed by atoms with Crippen LogP contribution in [0.5, 0.6) is 0 Å². The Hall–Kier alpha value is -4.43. The van der Waals surface area contributed by atoms with E-state index in [1.54, 1.807) is 0 Å². The molecule has 0 radical (unpaired) electrons. The second kappa shape index (κ2) is 7.92. The van der Waals surface area contributed by atoms with E-state index >= 15 is 0 Å². The SMILES string of the molecule is O=c1c2c(ccc3ccccc32)c(-c2ccccc2)c(-c2ccccc2)n1-c1ccccc1. The van der Waals surface area contributed by atoms with E-state index in [0.717, 1.165) is 49.6 Å². The van der Waals surface area contributed by atoms with E-state index < -0.39 is 0 Å². The number of aromatic nitrogens is 1. The van der Waals surface area contributed by atoms with E-state index in [0.29, 0.717) is 0 Å². The molecule has 0 saturated heterocycles. The zero-order valence-electron chi connectivity index (χ0n) is 18.0. The Kier molecular flexibility index (Phi) is 4.63. The van der Waals surface area contributed by atoms with Crippen molar-refractivity contribution in [1.82, 2.24) is 4.57 Å². The van der Waals surface area contributed by atoms with Gasteiger partial charge in [0.2, 0.25) is 0 Å². The van der Waals surface area contributed by atoms with Crippen LogP contribution in [0, 0.1) is 0 Å². The van der Waals surface area contributed by atoms with Gasteiger partial charge in [-0.3, -0.25) is 9.36 Å². The zero-order chi connectivity index (χ0) is 22.2. The van der Waals surface area contributed by atoms with Crippen LogP contribution < -0.4 is 5.56 Å². The largest absolute Gasteiger partial charge is 0.276 e. The Morgan fingerprint density at radius 2 is 1.06 bits per heavy atom. The van der Waals surface area contributed by atoms with Crippen molar-refractivity contribution in [3.05, 3.63) is 138 Å². The van der Waals surface area contributed by atoms with E-state index in [1.165, 1.54) is 0 Å². The van der Waals surface area contributed by atoms with Crippen molar-refractivity contribution in [1.29, 1.82) is 0 Å². The van der Waals surface area contributed by atoms with Crippen LogP contribution in [0.4, 0.5) is 0 Å². The van der Waals surface area contributed by atoms with Crippen LogP contribution in [0.1, 0.15) is 0 Å². The lowest BCUT2D eigenvalue weighted by atomic mass is 9.91. The van der Waals surface area contributed by atoms with Gasteiger partial charge in [-0.1, -0.05) is 115 Å². The van der Waals surface area contributed by atoms with Crippen LogP contribution in [0.15, 0.2) is 132 Å². The van der Waals surface area contributed by atoms with Gasteiger partial charge in [0.1, 0.15) is 0 Å². The van der Waals surface area contributed by atoms with E-state index in [1.807, 2.05) is 77.4 Å². The first kappa shape index (κ1) is 19.3. The molecule has 5 aromatic carbocycles.